The van der Waals surface area contributed by atoms with E-state index in [9.17, 15) is 4.79 Å². The normalized spacial score (nSPS) is 10.9. The molecule has 0 aliphatic carbocycles. The molecule has 5 nitrogen and oxygen atoms in total. The van der Waals surface area contributed by atoms with E-state index in [1.165, 1.54) is 17.3 Å². The van der Waals surface area contributed by atoms with Crippen LogP contribution in [-0.4, -0.2) is 28.3 Å². The summed E-state index contributed by atoms with van der Waals surface area (Å²) in [5.41, 5.74) is 3.36. The van der Waals surface area contributed by atoms with E-state index in [-0.39, 0.29) is 5.91 Å². The summed E-state index contributed by atoms with van der Waals surface area (Å²) < 4.78 is 7.26. The third-order valence-electron chi connectivity index (χ3n) is 4.38. The number of thioether (sulfide) groups is 1. The highest BCUT2D eigenvalue weighted by Crippen LogP contribution is 2.27. The van der Waals surface area contributed by atoms with Gasteiger partial charge >= 0.3 is 0 Å². The Morgan fingerprint density at radius 1 is 1.21 bits per heavy atom. The minimum Gasteiger partial charge on any atom is -0.497 e. The van der Waals surface area contributed by atoms with Crippen molar-refractivity contribution in [3.63, 3.8) is 0 Å². The molecular weight excluding hydrogens is 370 g/mol. The number of methoxy groups -OCH3 is 1. The molecule has 28 heavy (non-hydrogen) atoms. The molecule has 0 aliphatic heterocycles. The molecule has 1 aromatic heterocycles. The number of amides is 1. The van der Waals surface area contributed by atoms with Crippen molar-refractivity contribution in [2.45, 2.75) is 31.5 Å². The topological polar surface area (TPSA) is 56.1 Å². The van der Waals surface area contributed by atoms with Crippen LogP contribution < -0.4 is 10.1 Å². The number of carbonyl (C=O) groups is 1. The first-order valence-corrected chi connectivity index (χ1v) is 10.2. The van der Waals surface area contributed by atoms with Gasteiger partial charge < -0.3 is 10.1 Å². The van der Waals surface area contributed by atoms with Crippen molar-refractivity contribution in [3.8, 4) is 11.4 Å². The molecule has 0 radical (unpaired) electrons. The van der Waals surface area contributed by atoms with Crippen LogP contribution in [0.25, 0.3) is 5.69 Å². The van der Waals surface area contributed by atoms with E-state index in [0.717, 1.165) is 22.2 Å². The fourth-order valence-electron chi connectivity index (χ4n) is 2.94. The summed E-state index contributed by atoms with van der Waals surface area (Å²) >= 11 is 1.43. The lowest BCUT2D eigenvalue weighted by molar-refractivity contribution is -0.118. The molecule has 0 saturated carbocycles. The van der Waals surface area contributed by atoms with Gasteiger partial charge in [-0.15, -0.1) is 0 Å². The minimum absolute atomic E-state index is 0.0282. The molecule has 6 heteroatoms. The largest absolute Gasteiger partial charge is 0.497 e. The van der Waals surface area contributed by atoms with E-state index in [4.69, 9.17) is 4.74 Å². The van der Waals surface area contributed by atoms with Gasteiger partial charge in [-0.05, 0) is 35.2 Å². The zero-order chi connectivity index (χ0) is 19.9. The van der Waals surface area contributed by atoms with E-state index >= 15 is 0 Å². The van der Waals surface area contributed by atoms with E-state index in [1.807, 2.05) is 36.5 Å². The van der Waals surface area contributed by atoms with Crippen LogP contribution in [0, 0.1) is 0 Å². The van der Waals surface area contributed by atoms with Crippen LogP contribution in [0.3, 0.4) is 0 Å². The summed E-state index contributed by atoms with van der Waals surface area (Å²) in [4.78, 5) is 16.7. The van der Waals surface area contributed by atoms with Crippen LogP contribution in [0.2, 0.25) is 0 Å². The summed E-state index contributed by atoms with van der Waals surface area (Å²) in [6.07, 6.45) is 3.71. The third-order valence-corrected chi connectivity index (χ3v) is 5.35. The Morgan fingerprint density at radius 2 is 2.04 bits per heavy atom. The van der Waals surface area contributed by atoms with Gasteiger partial charge in [0, 0.05) is 18.9 Å². The van der Waals surface area contributed by atoms with E-state index in [2.05, 4.69) is 46.9 Å². The van der Waals surface area contributed by atoms with Crippen molar-refractivity contribution in [1.82, 2.24) is 14.9 Å². The van der Waals surface area contributed by atoms with Gasteiger partial charge in [-0.2, -0.15) is 0 Å². The minimum atomic E-state index is -0.0282. The summed E-state index contributed by atoms with van der Waals surface area (Å²) in [5, 5.41) is 3.76. The molecular formula is C22H25N3O2S. The van der Waals surface area contributed by atoms with Crippen molar-refractivity contribution in [3.05, 3.63) is 72.1 Å². The molecule has 0 unspecified atom stereocenters. The molecule has 0 bridgehead atoms. The van der Waals surface area contributed by atoms with Crippen LogP contribution in [0.1, 0.15) is 30.9 Å². The predicted octanol–water partition coefficient (Wildman–Crippen LogP) is 4.41. The second-order valence-corrected chi connectivity index (χ2v) is 7.65. The number of nitrogens with one attached hydrogen (secondary N) is 1. The highest BCUT2D eigenvalue weighted by molar-refractivity contribution is 7.99. The number of hydrogen-bond acceptors (Lipinski definition) is 4. The van der Waals surface area contributed by atoms with E-state index in [0.29, 0.717) is 18.2 Å². The lowest BCUT2D eigenvalue weighted by atomic mass is 10.0. The first-order chi connectivity index (χ1) is 13.6. The average molecular weight is 396 g/mol. The maximum absolute atomic E-state index is 12.3. The Hall–Kier alpha value is -2.73. The van der Waals surface area contributed by atoms with Crippen LogP contribution in [-0.2, 0) is 11.3 Å². The van der Waals surface area contributed by atoms with Gasteiger partial charge in [0.1, 0.15) is 5.75 Å². The molecule has 0 spiro atoms. The maximum atomic E-state index is 12.3. The van der Waals surface area contributed by atoms with Crippen LogP contribution in [0.15, 0.2) is 66.1 Å². The Balaban J connectivity index is 1.61. The SMILES string of the molecule is COc1cccc(CNC(=O)CSc2nccn2-c2ccccc2C(C)C)c1. The highest BCUT2D eigenvalue weighted by atomic mass is 32.2. The Bertz CT molecular complexity index is 937. The molecule has 3 aromatic rings. The average Bonchev–Trinajstić information content (AvgIpc) is 3.19. The summed E-state index contributed by atoms with van der Waals surface area (Å²) in [5.74, 6) is 1.47. The second-order valence-electron chi connectivity index (χ2n) is 6.71. The first-order valence-electron chi connectivity index (χ1n) is 9.23. The van der Waals surface area contributed by atoms with Gasteiger partial charge in [0.15, 0.2) is 5.16 Å². The van der Waals surface area contributed by atoms with Crippen molar-refractivity contribution in [2.75, 3.05) is 12.9 Å². The van der Waals surface area contributed by atoms with Gasteiger partial charge in [0.2, 0.25) is 5.91 Å². The van der Waals surface area contributed by atoms with Crippen LogP contribution in [0.5, 0.6) is 5.75 Å². The predicted molar refractivity (Wildman–Crippen MR) is 113 cm³/mol. The van der Waals surface area contributed by atoms with E-state index in [1.54, 1.807) is 13.3 Å². The van der Waals surface area contributed by atoms with Crippen LogP contribution >= 0.6 is 11.8 Å². The Kier molecular flexibility index (Phi) is 6.76. The number of aromatic nitrogens is 2. The van der Waals surface area contributed by atoms with Crippen molar-refractivity contribution >= 4 is 17.7 Å². The number of nitrogens with zero attached hydrogens (tertiary/aromatic N) is 2. The quantitative estimate of drug-likeness (QED) is 0.574. The smallest absolute Gasteiger partial charge is 0.230 e. The first kappa shape index (κ1) is 20.0. The third kappa shape index (κ3) is 4.95. The number of rotatable bonds is 8. The summed E-state index contributed by atoms with van der Waals surface area (Å²) in [6.45, 7) is 4.82. The fourth-order valence-corrected chi connectivity index (χ4v) is 3.74. The monoisotopic (exact) mass is 395 g/mol. The molecule has 0 aliphatic rings. The van der Waals surface area contributed by atoms with Crippen molar-refractivity contribution in [1.29, 1.82) is 0 Å². The molecule has 146 valence electrons. The fraction of sp³-hybridized carbons (Fsp3) is 0.273. The zero-order valence-electron chi connectivity index (χ0n) is 16.4. The molecule has 1 N–H and O–H groups in total. The maximum Gasteiger partial charge on any atom is 0.230 e. The zero-order valence-corrected chi connectivity index (χ0v) is 17.2. The molecule has 0 atom stereocenters. The van der Waals surface area contributed by atoms with Crippen LogP contribution in [0.4, 0.5) is 0 Å². The number of imidazole rings is 1. The molecule has 0 fully saturated rings. The Labute approximate surface area is 170 Å². The summed E-state index contributed by atoms with van der Waals surface area (Å²) in [7, 11) is 1.63. The highest BCUT2D eigenvalue weighted by Gasteiger charge is 2.13. The standard InChI is InChI=1S/C22H25N3O2S/c1-16(2)19-9-4-5-10-20(19)25-12-11-23-22(25)28-15-21(26)24-14-17-7-6-8-18(13-17)27-3/h4-13,16H,14-15H2,1-3H3,(H,24,26). The summed E-state index contributed by atoms with van der Waals surface area (Å²) in [6, 6.07) is 16.0. The van der Waals surface area contributed by atoms with Gasteiger partial charge in [0.25, 0.3) is 0 Å². The van der Waals surface area contributed by atoms with Crippen molar-refractivity contribution in [2.24, 2.45) is 0 Å². The molecule has 1 heterocycles. The van der Waals surface area contributed by atoms with E-state index < -0.39 is 0 Å². The molecule has 1 amide bonds. The molecule has 0 saturated heterocycles. The van der Waals surface area contributed by atoms with Gasteiger partial charge in [0.05, 0.1) is 18.6 Å². The number of benzene rings is 2. The number of ether oxygens (including phenoxy) is 1. The van der Waals surface area contributed by atoms with Crippen molar-refractivity contribution < 1.29 is 9.53 Å². The Morgan fingerprint density at radius 3 is 2.82 bits per heavy atom. The second kappa shape index (κ2) is 9.46. The lowest BCUT2D eigenvalue weighted by Crippen LogP contribution is -2.24. The molecule has 3 rings (SSSR count). The lowest BCUT2D eigenvalue weighted by Gasteiger charge is -2.15. The number of para-hydroxylation sites is 1. The molecule has 2 aromatic carbocycles. The number of carbonyl (C=O) groups excluding carboxylic acids is 1. The van der Waals surface area contributed by atoms with Gasteiger partial charge in [-0.3, -0.25) is 9.36 Å². The van der Waals surface area contributed by atoms with Gasteiger partial charge in [-0.1, -0.05) is 55.9 Å². The number of hydrogen-bond donors (Lipinski definition) is 1. The van der Waals surface area contributed by atoms with Gasteiger partial charge in [-0.25, -0.2) is 4.98 Å².